The van der Waals surface area contributed by atoms with E-state index in [0.29, 0.717) is 4.47 Å². The van der Waals surface area contributed by atoms with Crippen molar-refractivity contribution < 1.29 is 19.8 Å². The van der Waals surface area contributed by atoms with E-state index in [1.807, 2.05) is 0 Å². The van der Waals surface area contributed by atoms with E-state index in [9.17, 15) is 14.7 Å². The molecule has 1 amide bonds. The predicted octanol–water partition coefficient (Wildman–Crippen LogP) is 1.83. The Labute approximate surface area is 115 Å². The fourth-order valence-electron chi connectivity index (χ4n) is 1.34. The quantitative estimate of drug-likeness (QED) is 0.687. The zero-order chi connectivity index (χ0) is 14.0. The van der Waals surface area contributed by atoms with Gasteiger partial charge in [0.2, 0.25) is 0 Å². The standard InChI is InChI=1S/C11H8BrN3O4/c12-6-2-1-5(3-8(6)16)10(17)13-9-4-7(11(18)19)14-15-9/h1-4,16H,(H,18,19)(H2,13,14,15,17). The molecule has 98 valence electrons. The lowest BCUT2D eigenvalue weighted by Crippen LogP contribution is -2.12. The molecule has 0 radical (unpaired) electrons. The number of phenolic OH excluding ortho intramolecular Hbond substituents is 1. The van der Waals surface area contributed by atoms with Crippen molar-refractivity contribution in [1.82, 2.24) is 10.2 Å². The first-order valence-corrected chi connectivity index (χ1v) is 5.85. The summed E-state index contributed by atoms with van der Waals surface area (Å²) in [4.78, 5) is 22.4. The molecule has 1 aromatic heterocycles. The highest BCUT2D eigenvalue weighted by molar-refractivity contribution is 9.10. The lowest BCUT2D eigenvalue weighted by Gasteiger charge is -2.03. The molecule has 0 bridgehead atoms. The first-order valence-electron chi connectivity index (χ1n) is 5.06. The van der Waals surface area contributed by atoms with Gasteiger partial charge in [0.15, 0.2) is 5.82 Å². The number of hydrogen-bond acceptors (Lipinski definition) is 4. The van der Waals surface area contributed by atoms with Crippen molar-refractivity contribution in [3.63, 3.8) is 0 Å². The van der Waals surface area contributed by atoms with Crippen LogP contribution in [0.2, 0.25) is 0 Å². The van der Waals surface area contributed by atoms with Gasteiger partial charge in [-0.25, -0.2) is 4.79 Å². The summed E-state index contributed by atoms with van der Waals surface area (Å²) in [5.41, 5.74) is 0.0922. The Morgan fingerprint density at radius 1 is 1.32 bits per heavy atom. The van der Waals surface area contributed by atoms with Gasteiger partial charge in [-0.05, 0) is 34.1 Å². The molecule has 1 heterocycles. The molecule has 2 rings (SSSR count). The fourth-order valence-corrected chi connectivity index (χ4v) is 1.58. The number of aromatic amines is 1. The summed E-state index contributed by atoms with van der Waals surface area (Å²) in [5.74, 6) is -1.66. The number of aromatic nitrogens is 2. The number of benzene rings is 1. The maximum absolute atomic E-state index is 11.8. The third kappa shape index (κ3) is 2.91. The number of nitrogens with one attached hydrogen (secondary N) is 2. The highest BCUT2D eigenvalue weighted by atomic mass is 79.9. The van der Waals surface area contributed by atoms with Gasteiger partial charge in [0, 0.05) is 11.6 Å². The van der Waals surface area contributed by atoms with Crippen LogP contribution in [0.4, 0.5) is 5.82 Å². The van der Waals surface area contributed by atoms with Gasteiger partial charge < -0.3 is 15.5 Å². The number of hydrogen-bond donors (Lipinski definition) is 4. The van der Waals surface area contributed by atoms with E-state index in [0.717, 1.165) is 0 Å². The van der Waals surface area contributed by atoms with Crippen molar-refractivity contribution >= 4 is 33.6 Å². The maximum Gasteiger partial charge on any atom is 0.353 e. The van der Waals surface area contributed by atoms with Crippen LogP contribution in [0.25, 0.3) is 0 Å². The Kier molecular flexibility index (Phi) is 3.52. The van der Waals surface area contributed by atoms with E-state index in [2.05, 4.69) is 31.4 Å². The second-order valence-electron chi connectivity index (χ2n) is 3.59. The Morgan fingerprint density at radius 3 is 2.63 bits per heavy atom. The Balaban J connectivity index is 2.15. The second kappa shape index (κ2) is 5.11. The van der Waals surface area contributed by atoms with Gasteiger partial charge >= 0.3 is 5.97 Å². The first kappa shape index (κ1) is 13.1. The van der Waals surface area contributed by atoms with Crippen LogP contribution in [0, 0.1) is 0 Å². The second-order valence-corrected chi connectivity index (χ2v) is 4.45. The summed E-state index contributed by atoms with van der Waals surface area (Å²) in [6.07, 6.45) is 0. The minimum atomic E-state index is -1.17. The molecule has 0 saturated carbocycles. The van der Waals surface area contributed by atoms with E-state index < -0.39 is 11.9 Å². The predicted molar refractivity (Wildman–Crippen MR) is 69.3 cm³/mol. The molecule has 0 aliphatic heterocycles. The van der Waals surface area contributed by atoms with Crippen molar-refractivity contribution in [1.29, 1.82) is 0 Å². The number of aromatic carboxylic acids is 1. The molecular weight excluding hydrogens is 318 g/mol. The summed E-state index contributed by atoms with van der Waals surface area (Å²) in [7, 11) is 0. The maximum atomic E-state index is 11.8. The lowest BCUT2D eigenvalue weighted by atomic mass is 10.2. The number of H-pyrrole nitrogens is 1. The van der Waals surface area contributed by atoms with Gasteiger partial charge in [-0.3, -0.25) is 9.89 Å². The molecule has 8 heteroatoms. The van der Waals surface area contributed by atoms with Crippen molar-refractivity contribution in [2.24, 2.45) is 0 Å². The molecule has 0 fully saturated rings. The van der Waals surface area contributed by atoms with E-state index in [1.165, 1.54) is 24.3 Å². The third-order valence-electron chi connectivity index (χ3n) is 2.26. The van der Waals surface area contributed by atoms with Gasteiger partial charge in [-0.2, -0.15) is 5.10 Å². The number of carbonyl (C=O) groups is 2. The zero-order valence-electron chi connectivity index (χ0n) is 9.35. The molecule has 2 aromatic rings. The number of halogens is 1. The van der Waals surface area contributed by atoms with E-state index in [4.69, 9.17) is 5.11 Å². The van der Waals surface area contributed by atoms with Crippen LogP contribution >= 0.6 is 15.9 Å². The smallest absolute Gasteiger partial charge is 0.353 e. The van der Waals surface area contributed by atoms with Crippen LogP contribution in [0.1, 0.15) is 20.8 Å². The lowest BCUT2D eigenvalue weighted by molar-refractivity contribution is 0.0690. The monoisotopic (exact) mass is 325 g/mol. The number of carboxylic acids is 1. The summed E-state index contributed by atoms with van der Waals surface area (Å²) < 4.78 is 0.469. The molecular formula is C11H8BrN3O4. The summed E-state index contributed by atoms with van der Waals surface area (Å²) in [6, 6.07) is 5.50. The average molecular weight is 326 g/mol. The molecule has 4 N–H and O–H groups in total. The van der Waals surface area contributed by atoms with Gasteiger partial charge in [0.05, 0.1) is 4.47 Å². The van der Waals surface area contributed by atoms with Crippen LogP contribution in [-0.4, -0.2) is 32.3 Å². The van der Waals surface area contributed by atoms with Gasteiger partial charge in [0.25, 0.3) is 5.91 Å². The van der Waals surface area contributed by atoms with Crippen LogP contribution in [0.15, 0.2) is 28.7 Å². The molecule has 0 aliphatic rings. The van der Waals surface area contributed by atoms with Crippen molar-refractivity contribution in [3.8, 4) is 5.75 Å². The van der Waals surface area contributed by atoms with Crippen LogP contribution in [-0.2, 0) is 0 Å². The normalized spacial score (nSPS) is 10.2. The number of carbonyl (C=O) groups excluding carboxylic acids is 1. The van der Waals surface area contributed by atoms with E-state index >= 15 is 0 Å². The van der Waals surface area contributed by atoms with E-state index in [-0.39, 0.29) is 22.8 Å². The van der Waals surface area contributed by atoms with Gasteiger partial charge in [-0.15, -0.1) is 0 Å². The number of aromatic hydroxyl groups is 1. The minimum absolute atomic E-state index is 0.0686. The van der Waals surface area contributed by atoms with Crippen LogP contribution < -0.4 is 5.32 Å². The molecule has 19 heavy (non-hydrogen) atoms. The van der Waals surface area contributed by atoms with Crippen LogP contribution in [0.3, 0.4) is 0 Å². The highest BCUT2D eigenvalue weighted by Gasteiger charge is 2.12. The number of phenols is 1. The molecule has 0 unspecified atom stereocenters. The third-order valence-corrected chi connectivity index (χ3v) is 2.93. The average Bonchev–Trinajstić information content (AvgIpc) is 2.81. The topological polar surface area (TPSA) is 115 Å². The molecule has 0 atom stereocenters. The van der Waals surface area contributed by atoms with Crippen molar-refractivity contribution in [2.75, 3.05) is 5.32 Å². The first-order chi connectivity index (χ1) is 8.97. The van der Waals surface area contributed by atoms with Gasteiger partial charge in [-0.1, -0.05) is 0 Å². The summed E-state index contributed by atoms with van der Waals surface area (Å²) in [5, 5.41) is 26.5. The Hall–Kier alpha value is -2.35. The Morgan fingerprint density at radius 2 is 2.05 bits per heavy atom. The summed E-state index contributed by atoms with van der Waals surface area (Å²) >= 11 is 3.10. The number of nitrogens with zero attached hydrogens (tertiary/aromatic N) is 1. The van der Waals surface area contributed by atoms with Crippen molar-refractivity contribution in [3.05, 3.63) is 40.0 Å². The molecule has 7 nitrogen and oxygen atoms in total. The minimum Gasteiger partial charge on any atom is -0.507 e. The summed E-state index contributed by atoms with van der Waals surface area (Å²) in [6.45, 7) is 0. The molecule has 0 saturated heterocycles. The molecule has 0 spiro atoms. The molecule has 0 aliphatic carbocycles. The number of anilines is 1. The molecule has 1 aromatic carbocycles. The number of amides is 1. The van der Waals surface area contributed by atoms with Gasteiger partial charge in [0.1, 0.15) is 11.4 Å². The van der Waals surface area contributed by atoms with Crippen molar-refractivity contribution in [2.45, 2.75) is 0 Å². The Bertz CT molecular complexity index is 653. The number of carboxylic acid groups (broad SMARTS) is 1. The number of rotatable bonds is 3. The SMILES string of the molecule is O=C(Nc1cc(C(=O)O)[nH]n1)c1ccc(Br)c(O)c1. The fraction of sp³-hybridized carbons (Fsp3) is 0. The van der Waals surface area contributed by atoms with E-state index in [1.54, 1.807) is 0 Å². The largest absolute Gasteiger partial charge is 0.507 e. The highest BCUT2D eigenvalue weighted by Crippen LogP contribution is 2.24. The zero-order valence-corrected chi connectivity index (χ0v) is 10.9. The van der Waals surface area contributed by atoms with Crippen LogP contribution in [0.5, 0.6) is 5.75 Å².